The van der Waals surface area contributed by atoms with Crippen molar-refractivity contribution >= 4 is 12.1 Å². The highest BCUT2D eigenvalue weighted by atomic mass is 16.5. The van der Waals surface area contributed by atoms with E-state index in [1.807, 2.05) is 26.0 Å². The summed E-state index contributed by atoms with van der Waals surface area (Å²) >= 11 is 0. The van der Waals surface area contributed by atoms with E-state index in [1.54, 1.807) is 30.3 Å². The second kappa shape index (κ2) is 8.57. The third-order valence-electron chi connectivity index (χ3n) is 3.09. The highest BCUT2D eigenvalue weighted by molar-refractivity contribution is 5.85. The van der Waals surface area contributed by atoms with Gasteiger partial charge in [0.25, 0.3) is 5.91 Å². The standard InChI is InChI=1S/C18H20N2O4/c1-3-23-16-6-4-5-7-17(16)24-12-18(22)20-19-11-14-9-8-13(2)10-15(14)21/h4-11,21H,3,12H2,1-2H3,(H,20,22)/b19-11-. The largest absolute Gasteiger partial charge is 0.507 e. The third-order valence-corrected chi connectivity index (χ3v) is 3.09. The maximum atomic E-state index is 11.8. The number of amides is 1. The Labute approximate surface area is 140 Å². The van der Waals surface area contributed by atoms with Crippen molar-refractivity contribution < 1.29 is 19.4 Å². The number of nitrogens with zero attached hydrogens (tertiary/aromatic N) is 1. The van der Waals surface area contributed by atoms with E-state index in [9.17, 15) is 9.90 Å². The number of rotatable bonds is 7. The van der Waals surface area contributed by atoms with E-state index in [0.29, 0.717) is 23.7 Å². The summed E-state index contributed by atoms with van der Waals surface area (Å²) in [4.78, 5) is 11.8. The van der Waals surface area contributed by atoms with E-state index in [-0.39, 0.29) is 12.4 Å². The maximum absolute atomic E-state index is 11.8. The molecule has 2 rings (SSSR count). The van der Waals surface area contributed by atoms with Crippen LogP contribution in [0.25, 0.3) is 0 Å². The van der Waals surface area contributed by atoms with Crippen molar-refractivity contribution in [2.75, 3.05) is 13.2 Å². The number of benzene rings is 2. The number of phenolic OH excluding ortho intramolecular Hbond substituents is 1. The highest BCUT2D eigenvalue weighted by Gasteiger charge is 2.06. The molecule has 24 heavy (non-hydrogen) atoms. The van der Waals surface area contributed by atoms with Crippen LogP contribution in [0, 0.1) is 6.92 Å². The summed E-state index contributed by atoms with van der Waals surface area (Å²) in [5, 5.41) is 13.6. The second-order valence-electron chi connectivity index (χ2n) is 5.02. The number of carbonyl (C=O) groups is 1. The molecule has 0 spiro atoms. The van der Waals surface area contributed by atoms with Gasteiger partial charge in [0.2, 0.25) is 0 Å². The van der Waals surface area contributed by atoms with Crippen LogP contribution in [-0.2, 0) is 4.79 Å². The molecular formula is C18H20N2O4. The quantitative estimate of drug-likeness (QED) is 0.605. The van der Waals surface area contributed by atoms with E-state index < -0.39 is 5.91 Å². The summed E-state index contributed by atoms with van der Waals surface area (Å²) in [5.74, 6) is 0.773. The summed E-state index contributed by atoms with van der Waals surface area (Å²) in [6, 6.07) is 12.3. The van der Waals surface area contributed by atoms with Crippen LogP contribution in [0.5, 0.6) is 17.2 Å². The van der Waals surface area contributed by atoms with E-state index in [0.717, 1.165) is 5.56 Å². The third kappa shape index (κ3) is 5.01. The fourth-order valence-electron chi connectivity index (χ4n) is 1.96. The van der Waals surface area contributed by atoms with Gasteiger partial charge in [0.15, 0.2) is 18.1 Å². The van der Waals surface area contributed by atoms with E-state index >= 15 is 0 Å². The molecule has 0 fully saturated rings. The molecule has 0 aliphatic heterocycles. The van der Waals surface area contributed by atoms with Crippen molar-refractivity contribution in [3.8, 4) is 17.2 Å². The maximum Gasteiger partial charge on any atom is 0.277 e. The van der Waals surface area contributed by atoms with E-state index in [4.69, 9.17) is 9.47 Å². The molecule has 1 amide bonds. The first kappa shape index (κ1) is 17.3. The normalized spacial score (nSPS) is 10.6. The number of hydrazone groups is 1. The predicted octanol–water partition coefficient (Wildman–Crippen LogP) is 2.63. The van der Waals surface area contributed by atoms with E-state index in [2.05, 4.69) is 10.5 Å². The Balaban J connectivity index is 1.86. The lowest BCUT2D eigenvalue weighted by molar-refractivity contribution is -0.123. The molecule has 6 nitrogen and oxygen atoms in total. The number of hydrogen-bond acceptors (Lipinski definition) is 5. The Morgan fingerprint density at radius 3 is 2.58 bits per heavy atom. The van der Waals surface area contributed by atoms with Gasteiger partial charge < -0.3 is 14.6 Å². The average Bonchev–Trinajstić information content (AvgIpc) is 2.56. The number of nitrogens with one attached hydrogen (secondary N) is 1. The van der Waals surface area contributed by atoms with Crippen molar-refractivity contribution in [2.24, 2.45) is 5.10 Å². The Hall–Kier alpha value is -3.02. The van der Waals surface area contributed by atoms with Gasteiger partial charge in [-0.2, -0.15) is 5.10 Å². The van der Waals surface area contributed by atoms with Crippen molar-refractivity contribution in [3.05, 3.63) is 53.6 Å². The number of hydrogen-bond donors (Lipinski definition) is 2. The van der Waals surface area contributed by atoms with Gasteiger partial charge in [-0.05, 0) is 43.7 Å². The van der Waals surface area contributed by atoms with Crippen LogP contribution in [0.1, 0.15) is 18.1 Å². The zero-order valence-corrected chi connectivity index (χ0v) is 13.7. The van der Waals surface area contributed by atoms with Crippen LogP contribution in [0.2, 0.25) is 0 Å². The minimum absolute atomic E-state index is 0.106. The van der Waals surface area contributed by atoms with Crippen LogP contribution in [-0.4, -0.2) is 30.4 Å². The first-order valence-corrected chi connectivity index (χ1v) is 7.56. The highest BCUT2D eigenvalue weighted by Crippen LogP contribution is 2.26. The fraction of sp³-hybridized carbons (Fsp3) is 0.222. The summed E-state index contributed by atoms with van der Waals surface area (Å²) in [7, 11) is 0. The SMILES string of the molecule is CCOc1ccccc1OCC(=O)N/N=C\c1ccc(C)cc1O. The molecule has 0 heterocycles. The molecule has 6 heteroatoms. The summed E-state index contributed by atoms with van der Waals surface area (Å²) in [5.41, 5.74) is 3.81. The molecule has 0 radical (unpaired) electrons. The van der Waals surface area contributed by atoms with Crippen molar-refractivity contribution in [2.45, 2.75) is 13.8 Å². The fourth-order valence-corrected chi connectivity index (χ4v) is 1.96. The molecule has 0 atom stereocenters. The lowest BCUT2D eigenvalue weighted by Crippen LogP contribution is -2.24. The molecule has 0 aliphatic carbocycles. The smallest absolute Gasteiger partial charge is 0.277 e. The zero-order chi connectivity index (χ0) is 17.4. The van der Waals surface area contributed by atoms with Gasteiger partial charge >= 0.3 is 0 Å². The number of phenols is 1. The summed E-state index contributed by atoms with van der Waals surface area (Å²) < 4.78 is 10.9. The predicted molar refractivity (Wildman–Crippen MR) is 91.7 cm³/mol. The molecule has 0 aliphatic rings. The van der Waals surface area contributed by atoms with Crippen LogP contribution in [0.3, 0.4) is 0 Å². The zero-order valence-electron chi connectivity index (χ0n) is 13.7. The van der Waals surface area contributed by atoms with Crippen molar-refractivity contribution in [3.63, 3.8) is 0 Å². The van der Waals surface area contributed by atoms with Gasteiger partial charge in [-0.1, -0.05) is 18.2 Å². The van der Waals surface area contributed by atoms with Gasteiger partial charge in [-0.15, -0.1) is 0 Å². The van der Waals surface area contributed by atoms with Gasteiger partial charge in [-0.25, -0.2) is 5.43 Å². The van der Waals surface area contributed by atoms with Gasteiger partial charge in [0.05, 0.1) is 12.8 Å². The summed E-state index contributed by atoms with van der Waals surface area (Å²) in [6.45, 7) is 4.07. The van der Waals surface area contributed by atoms with Crippen molar-refractivity contribution in [1.29, 1.82) is 0 Å². The molecule has 2 aromatic rings. The molecule has 2 aromatic carbocycles. The molecule has 0 unspecified atom stereocenters. The monoisotopic (exact) mass is 328 g/mol. The number of aromatic hydroxyl groups is 1. The van der Waals surface area contributed by atoms with Gasteiger partial charge in [0.1, 0.15) is 5.75 Å². The second-order valence-corrected chi connectivity index (χ2v) is 5.02. The molecule has 2 N–H and O–H groups in total. The Kier molecular flexibility index (Phi) is 6.19. The molecular weight excluding hydrogens is 308 g/mol. The lowest BCUT2D eigenvalue weighted by Gasteiger charge is -2.10. The molecule has 126 valence electrons. The first-order chi connectivity index (χ1) is 11.6. The molecule has 0 saturated heterocycles. The van der Waals surface area contributed by atoms with Crippen LogP contribution in [0.4, 0.5) is 0 Å². The van der Waals surface area contributed by atoms with Crippen molar-refractivity contribution in [1.82, 2.24) is 5.43 Å². The average molecular weight is 328 g/mol. The Morgan fingerprint density at radius 2 is 1.92 bits per heavy atom. The molecule has 0 bridgehead atoms. The first-order valence-electron chi connectivity index (χ1n) is 7.56. The number of aryl methyl sites for hydroxylation is 1. The number of para-hydroxylation sites is 2. The van der Waals surface area contributed by atoms with Gasteiger partial charge in [-0.3, -0.25) is 4.79 Å². The topological polar surface area (TPSA) is 80.2 Å². The molecule has 0 saturated carbocycles. The minimum atomic E-state index is -0.413. The van der Waals surface area contributed by atoms with Crippen LogP contribution < -0.4 is 14.9 Å². The lowest BCUT2D eigenvalue weighted by atomic mass is 10.1. The Morgan fingerprint density at radius 1 is 1.21 bits per heavy atom. The minimum Gasteiger partial charge on any atom is -0.507 e. The van der Waals surface area contributed by atoms with E-state index in [1.165, 1.54) is 6.21 Å². The number of carbonyl (C=O) groups excluding carboxylic acids is 1. The summed E-state index contributed by atoms with van der Waals surface area (Å²) in [6.07, 6.45) is 1.38. The number of ether oxygens (including phenoxy) is 2. The van der Waals surface area contributed by atoms with Gasteiger partial charge in [0, 0.05) is 5.56 Å². The van der Waals surface area contributed by atoms with Crippen LogP contribution >= 0.6 is 0 Å². The molecule has 0 aromatic heterocycles. The van der Waals surface area contributed by atoms with Crippen LogP contribution in [0.15, 0.2) is 47.6 Å². The Bertz CT molecular complexity index is 729.